The van der Waals surface area contributed by atoms with Crippen LogP contribution < -0.4 is 4.72 Å². The van der Waals surface area contributed by atoms with Crippen LogP contribution in [0.1, 0.15) is 11.7 Å². The number of aryl methyl sites for hydroxylation is 2. The number of oxazole rings is 1. The minimum absolute atomic E-state index is 0.246. The Hall–Kier alpha value is -1.74. The van der Waals surface area contributed by atoms with Gasteiger partial charge in [0.15, 0.2) is 5.89 Å². The summed E-state index contributed by atoms with van der Waals surface area (Å²) in [7, 11) is -3.52. The number of hydrogen-bond acceptors (Lipinski definition) is 6. The summed E-state index contributed by atoms with van der Waals surface area (Å²) in [5.74, 6) is 1.31. The van der Waals surface area contributed by atoms with Crippen molar-refractivity contribution in [1.29, 1.82) is 0 Å². The van der Waals surface area contributed by atoms with Crippen molar-refractivity contribution >= 4 is 10.0 Å². The second kappa shape index (κ2) is 7.65. The van der Waals surface area contributed by atoms with Gasteiger partial charge < -0.3 is 9.15 Å². The maximum atomic E-state index is 12.4. The van der Waals surface area contributed by atoms with Gasteiger partial charge in [-0.25, -0.2) is 18.1 Å². The van der Waals surface area contributed by atoms with Gasteiger partial charge in [-0.2, -0.15) is 0 Å². The molecule has 1 saturated heterocycles. The minimum Gasteiger partial charge on any atom is -0.446 e. The average Bonchev–Trinajstić information content (AvgIpc) is 2.94. The molecular formula is C17H23N3O4S. The average molecular weight is 365 g/mol. The molecule has 0 saturated carbocycles. The molecule has 1 aromatic carbocycles. The van der Waals surface area contributed by atoms with Gasteiger partial charge in [0.25, 0.3) is 0 Å². The topological polar surface area (TPSA) is 84.7 Å². The molecule has 0 spiro atoms. The molecule has 1 aromatic heterocycles. The van der Waals surface area contributed by atoms with Crippen LogP contribution in [0.15, 0.2) is 33.6 Å². The summed E-state index contributed by atoms with van der Waals surface area (Å²) in [6.45, 7) is 7.77. The Labute approximate surface area is 148 Å². The van der Waals surface area contributed by atoms with Crippen molar-refractivity contribution in [3.63, 3.8) is 0 Å². The van der Waals surface area contributed by atoms with Gasteiger partial charge in [0, 0.05) is 38.7 Å². The number of aromatic nitrogens is 1. The molecule has 8 heteroatoms. The molecule has 0 atom stereocenters. The number of ether oxygens (including phenoxy) is 1. The summed E-state index contributed by atoms with van der Waals surface area (Å²) < 4.78 is 38.2. The standard InChI is InChI=1S/C17H23N3O4S/c1-13-17(19-14(2)24-13)15-3-5-16(6-4-15)25(21,22)18-7-8-20-9-11-23-12-10-20/h3-6,18H,7-12H2,1-2H3. The highest BCUT2D eigenvalue weighted by atomic mass is 32.2. The number of nitrogens with one attached hydrogen (secondary N) is 1. The van der Waals surface area contributed by atoms with Crippen molar-refractivity contribution in [1.82, 2.24) is 14.6 Å². The molecule has 1 fully saturated rings. The second-order valence-corrected chi connectivity index (χ2v) is 7.78. The van der Waals surface area contributed by atoms with E-state index in [0.29, 0.717) is 32.2 Å². The monoisotopic (exact) mass is 365 g/mol. The molecule has 2 heterocycles. The molecule has 0 amide bonds. The van der Waals surface area contributed by atoms with E-state index in [2.05, 4.69) is 14.6 Å². The van der Waals surface area contributed by atoms with Crippen LogP contribution in [0.3, 0.4) is 0 Å². The van der Waals surface area contributed by atoms with Gasteiger partial charge >= 0.3 is 0 Å². The highest BCUT2D eigenvalue weighted by molar-refractivity contribution is 7.89. The van der Waals surface area contributed by atoms with Crippen molar-refractivity contribution in [3.05, 3.63) is 35.9 Å². The molecule has 136 valence electrons. The van der Waals surface area contributed by atoms with Crippen molar-refractivity contribution < 1.29 is 17.6 Å². The van der Waals surface area contributed by atoms with E-state index in [-0.39, 0.29) is 4.90 Å². The number of morpholine rings is 1. The quantitative estimate of drug-likeness (QED) is 0.836. The molecule has 7 nitrogen and oxygen atoms in total. The molecule has 1 N–H and O–H groups in total. The first-order valence-corrected chi connectivity index (χ1v) is 9.78. The first-order chi connectivity index (χ1) is 12.0. The normalized spacial score (nSPS) is 16.2. The maximum Gasteiger partial charge on any atom is 0.240 e. The number of nitrogens with zero attached hydrogens (tertiary/aromatic N) is 2. The van der Waals surface area contributed by atoms with Crippen LogP contribution in [0.4, 0.5) is 0 Å². The van der Waals surface area contributed by atoms with Crippen LogP contribution in [0, 0.1) is 13.8 Å². The van der Waals surface area contributed by atoms with E-state index in [1.165, 1.54) is 0 Å². The van der Waals surface area contributed by atoms with E-state index in [0.717, 1.165) is 30.1 Å². The van der Waals surface area contributed by atoms with E-state index in [1.807, 2.05) is 6.92 Å². The Morgan fingerprint density at radius 1 is 1.16 bits per heavy atom. The van der Waals surface area contributed by atoms with Gasteiger partial charge in [-0.05, 0) is 19.1 Å². The summed E-state index contributed by atoms with van der Waals surface area (Å²) in [4.78, 5) is 6.76. The summed E-state index contributed by atoms with van der Waals surface area (Å²) in [6, 6.07) is 6.69. The lowest BCUT2D eigenvalue weighted by Gasteiger charge is -2.26. The first kappa shape index (κ1) is 18.1. The predicted molar refractivity (Wildman–Crippen MR) is 93.9 cm³/mol. The predicted octanol–water partition coefficient (Wildman–Crippen LogP) is 1.57. The Kier molecular flexibility index (Phi) is 5.53. The smallest absolute Gasteiger partial charge is 0.240 e. The molecule has 0 unspecified atom stereocenters. The van der Waals surface area contributed by atoms with E-state index in [1.54, 1.807) is 31.2 Å². The number of benzene rings is 1. The van der Waals surface area contributed by atoms with Gasteiger partial charge in [0.1, 0.15) is 11.5 Å². The third kappa shape index (κ3) is 4.46. The highest BCUT2D eigenvalue weighted by Crippen LogP contribution is 2.24. The van der Waals surface area contributed by atoms with Gasteiger partial charge in [-0.1, -0.05) is 12.1 Å². The third-order valence-corrected chi connectivity index (χ3v) is 5.64. The fourth-order valence-electron chi connectivity index (χ4n) is 2.83. The van der Waals surface area contributed by atoms with Crippen molar-refractivity contribution in [2.24, 2.45) is 0 Å². The van der Waals surface area contributed by atoms with Crippen LogP contribution >= 0.6 is 0 Å². The lowest BCUT2D eigenvalue weighted by Crippen LogP contribution is -2.41. The Balaban J connectivity index is 1.63. The van der Waals surface area contributed by atoms with Gasteiger partial charge in [-0.3, -0.25) is 4.90 Å². The zero-order chi connectivity index (χ0) is 17.9. The van der Waals surface area contributed by atoms with E-state index < -0.39 is 10.0 Å². The van der Waals surface area contributed by atoms with Crippen LogP contribution in [0.5, 0.6) is 0 Å². The Bertz CT molecular complexity index is 809. The Morgan fingerprint density at radius 3 is 2.44 bits per heavy atom. The lowest BCUT2D eigenvalue weighted by molar-refractivity contribution is 0.0390. The third-order valence-electron chi connectivity index (χ3n) is 4.17. The molecule has 0 bridgehead atoms. The molecule has 0 radical (unpaired) electrons. The molecule has 2 aromatic rings. The number of sulfonamides is 1. The van der Waals surface area contributed by atoms with Crippen molar-refractivity contribution in [2.75, 3.05) is 39.4 Å². The van der Waals surface area contributed by atoms with E-state index >= 15 is 0 Å². The van der Waals surface area contributed by atoms with Crippen molar-refractivity contribution in [3.8, 4) is 11.3 Å². The van der Waals surface area contributed by atoms with E-state index in [9.17, 15) is 8.42 Å². The summed E-state index contributed by atoms with van der Waals surface area (Å²) in [6.07, 6.45) is 0. The van der Waals surface area contributed by atoms with Gasteiger partial charge in [0.05, 0.1) is 18.1 Å². The second-order valence-electron chi connectivity index (χ2n) is 6.01. The first-order valence-electron chi connectivity index (χ1n) is 8.30. The molecule has 0 aliphatic carbocycles. The maximum absolute atomic E-state index is 12.4. The Morgan fingerprint density at radius 2 is 1.84 bits per heavy atom. The zero-order valence-electron chi connectivity index (χ0n) is 14.5. The molecular weight excluding hydrogens is 342 g/mol. The van der Waals surface area contributed by atoms with Crippen LogP contribution in [0.25, 0.3) is 11.3 Å². The molecule has 1 aliphatic heterocycles. The summed E-state index contributed by atoms with van der Waals surface area (Å²) >= 11 is 0. The largest absolute Gasteiger partial charge is 0.446 e. The number of hydrogen-bond donors (Lipinski definition) is 1. The fraction of sp³-hybridized carbons (Fsp3) is 0.471. The number of rotatable bonds is 6. The molecule has 25 heavy (non-hydrogen) atoms. The van der Waals surface area contributed by atoms with Crippen LogP contribution in [0.2, 0.25) is 0 Å². The zero-order valence-corrected chi connectivity index (χ0v) is 15.3. The summed E-state index contributed by atoms with van der Waals surface area (Å²) in [5.41, 5.74) is 1.57. The summed E-state index contributed by atoms with van der Waals surface area (Å²) in [5, 5.41) is 0. The fourth-order valence-corrected chi connectivity index (χ4v) is 3.86. The van der Waals surface area contributed by atoms with Crippen molar-refractivity contribution in [2.45, 2.75) is 18.7 Å². The van der Waals surface area contributed by atoms with Gasteiger partial charge in [0.2, 0.25) is 10.0 Å². The molecule has 3 rings (SSSR count). The van der Waals surface area contributed by atoms with Crippen LogP contribution in [-0.4, -0.2) is 57.7 Å². The lowest BCUT2D eigenvalue weighted by atomic mass is 10.1. The van der Waals surface area contributed by atoms with Crippen LogP contribution in [-0.2, 0) is 14.8 Å². The highest BCUT2D eigenvalue weighted by Gasteiger charge is 2.16. The minimum atomic E-state index is -3.52. The van der Waals surface area contributed by atoms with E-state index in [4.69, 9.17) is 9.15 Å². The molecule has 1 aliphatic rings. The SMILES string of the molecule is Cc1nc(-c2ccc(S(=O)(=O)NCCN3CCOCC3)cc2)c(C)o1. The van der Waals surface area contributed by atoms with Gasteiger partial charge in [-0.15, -0.1) is 0 Å².